The van der Waals surface area contributed by atoms with Crippen LogP contribution in [0.3, 0.4) is 0 Å². The van der Waals surface area contributed by atoms with E-state index < -0.39 is 0 Å². The number of anilines is 1. The van der Waals surface area contributed by atoms with E-state index >= 15 is 0 Å². The number of fused-ring (bicyclic) bond motifs is 1. The first kappa shape index (κ1) is 9.11. The van der Waals surface area contributed by atoms with Gasteiger partial charge in [0.2, 0.25) is 0 Å². The summed E-state index contributed by atoms with van der Waals surface area (Å²) in [5.74, 6) is 0. The molecule has 0 bridgehead atoms. The average molecular weight is 205 g/mol. The number of allylic oxidation sites excluding steroid dienone is 1. The molecule has 2 rings (SSSR count). The van der Waals surface area contributed by atoms with E-state index in [1.54, 1.807) is 6.08 Å². The molecular formula is C11H9ClN2. The summed E-state index contributed by atoms with van der Waals surface area (Å²) in [6.45, 7) is 0.862. The Kier molecular flexibility index (Phi) is 2.43. The monoisotopic (exact) mass is 204 g/mol. The Morgan fingerprint density at radius 3 is 3.14 bits per heavy atom. The molecule has 1 aliphatic heterocycles. The van der Waals surface area contributed by atoms with Gasteiger partial charge in [-0.15, -0.1) is 0 Å². The van der Waals surface area contributed by atoms with E-state index in [9.17, 15) is 0 Å². The van der Waals surface area contributed by atoms with E-state index in [0.717, 1.165) is 34.8 Å². The lowest BCUT2D eigenvalue weighted by molar-refractivity contribution is 1.05. The van der Waals surface area contributed by atoms with Gasteiger partial charge < -0.3 is 5.32 Å². The maximum absolute atomic E-state index is 8.63. The molecule has 0 atom stereocenters. The van der Waals surface area contributed by atoms with Crippen molar-refractivity contribution in [2.45, 2.75) is 6.42 Å². The van der Waals surface area contributed by atoms with Gasteiger partial charge in [0.15, 0.2) is 0 Å². The lowest BCUT2D eigenvalue weighted by Crippen LogP contribution is -2.10. The van der Waals surface area contributed by atoms with Gasteiger partial charge in [-0.25, -0.2) is 0 Å². The van der Waals surface area contributed by atoms with Crippen LogP contribution in [0.2, 0.25) is 5.02 Å². The number of benzene rings is 1. The first-order chi connectivity index (χ1) is 6.81. The minimum atomic E-state index is 0.717. The van der Waals surface area contributed by atoms with Gasteiger partial charge in [0.25, 0.3) is 0 Å². The van der Waals surface area contributed by atoms with Gasteiger partial charge in [-0.05, 0) is 24.1 Å². The summed E-state index contributed by atoms with van der Waals surface area (Å²) in [6.07, 6.45) is 2.50. The molecular weight excluding hydrogens is 196 g/mol. The van der Waals surface area contributed by atoms with Crippen LogP contribution in [-0.2, 0) is 0 Å². The first-order valence-corrected chi connectivity index (χ1v) is 4.81. The molecule has 0 fully saturated rings. The molecule has 1 heterocycles. The minimum absolute atomic E-state index is 0.717. The van der Waals surface area contributed by atoms with Crippen molar-refractivity contribution < 1.29 is 0 Å². The third kappa shape index (κ3) is 1.59. The highest BCUT2D eigenvalue weighted by atomic mass is 35.5. The summed E-state index contributed by atoms with van der Waals surface area (Å²) in [7, 11) is 0. The molecule has 14 heavy (non-hydrogen) atoms. The van der Waals surface area contributed by atoms with Crippen LogP contribution in [0.1, 0.15) is 12.0 Å². The molecule has 0 amide bonds. The lowest BCUT2D eigenvalue weighted by Gasteiger charge is -2.20. The Balaban J connectivity index is 2.51. The molecule has 0 radical (unpaired) electrons. The fourth-order valence-electron chi connectivity index (χ4n) is 1.64. The van der Waals surface area contributed by atoms with Crippen LogP contribution in [0.15, 0.2) is 24.3 Å². The summed E-state index contributed by atoms with van der Waals surface area (Å²) in [5.41, 5.74) is 3.19. The van der Waals surface area contributed by atoms with Crippen molar-refractivity contribution >= 4 is 22.9 Å². The fourth-order valence-corrected chi connectivity index (χ4v) is 1.81. The van der Waals surface area contributed by atoms with Crippen LogP contribution in [0.25, 0.3) is 5.57 Å². The summed E-state index contributed by atoms with van der Waals surface area (Å²) in [4.78, 5) is 0. The summed E-state index contributed by atoms with van der Waals surface area (Å²) >= 11 is 5.88. The van der Waals surface area contributed by atoms with Gasteiger partial charge in [0.05, 0.1) is 6.07 Å². The highest BCUT2D eigenvalue weighted by molar-refractivity contribution is 6.31. The molecule has 70 valence electrons. The lowest BCUT2D eigenvalue weighted by atomic mass is 9.97. The van der Waals surface area contributed by atoms with Crippen LogP contribution in [0.4, 0.5) is 5.69 Å². The van der Waals surface area contributed by atoms with Crippen LogP contribution in [-0.4, -0.2) is 6.54 Å². The maximum atomic E-state index is 8.63. The zero-order chi connectivity index (χ0) is 9.97. The number of hydrogen-bond donors (Lipinski definition) is 1. The predicted molar refractivity (Wildman–Crippen MR) is 58.1 cm³/mol. The van der Waals surface area contributed by atoms with Gasteiger partial charge in [0, 0.05) is 28.9 Å². The number of nitriles is 1. The maximum Gasteiger partial charge on any atom is 0.0915 e. The third-order valence-corrected chi connectivity index (χ3v) is 2.51. The highest BCUT2D eigenvalue weighted by Crippen LogP contribution is 2.32. The van der Waals surface area contributed by atoms with Crippen molar-refractivity contribution in [2.75, 3.05) is 11.9 Å². The Morgan fingerprint density at radius 2 is 2.36 bits per heavy atom. The normalized spacial score (nSPS) is 17.0. The van der Waals surface area contributed by atoms with Crippen molar-refractivity contribution in [3.63, 3.8) is 0 Å². The van der Waals surface area contributed by atoms with E-state index in [4.69, 9.17) is 16.9 Å². The zero-order valence-corrected chi connectivity index (χ0v) is 8.30. The largest absolute Gasteiger partial charge is 0.384 e. The fraction of sp³-hybridized carbons (Fsp3) is 0.182. The van der Waals surface area contributed by atoms with E-state index in [-0.39, 0.29) is 0 Å². The van der Waals surface area contributed by atoms with Crippen LogP contribution < -0.4 is 5.32 Å². The predicted octanol–water partition coefficient (Wildman–Crippen LogP) is 3.06. The molecule has 0 saturated heterocycles. The molecule has 1 aromatic carbocycles. The third-order valence-electron chi connectivity index (χ3n) is 2.28. The molecule has 0 saturated carbocycles. The smallest absolute Gasteiger partial charge is 0.0915 e. The average Bonchev–Trinajstić information content (AvgIpc) is 2.18. The number of nitrogens with zero attached hydrogens (tertiary/aromatic N) is 1. The second-order valence-electron chi connectivity index (χ2n) is 3.17. The Labute approximate surface area is 87.8 Å². The molecule has 1 aliphatic rings. The van der Waals surface area contributed by atoms with Crippen molar-refractivity contribution in [1.82, 2.24) is 0 Å². The highest BCUT2D eigenvalue weighted by Gasteiger charge is 2.12. The quantitative estimate of drug-likeness (QED) is 0.660. The van der Waals surface area contributed by atoms with Gasteiger partial charge in [0.1, 0.15) is 0 Å². The Hall–Kier alpha value is -1.46. The molecule has 0 spiro atoms. The Morgan fingerprint density at radius 1 is 1.50 bits per heavy atom. The van der Waals surface area contributed by atoms with Crippen molar-refractivity contribution in [3.05, 3.63) is 34.9 Å². The first-order valence-electron chi connectivity index (χ1n) is 4.44. The standard InChI is InChI=1S/C11H9ClN2/c12-9-1-2-10-8(3-5-13)4-6-14-11(10)7-9/h1-3,7,14H,4,6H2/b8-3+. The van der Waals surface area contributed by atoms with Gasteiger partial charge in [-0.2, -0.15) is 5.26 Å². The summed E-state index contributed by atoms with van der Waals surface area (Å²) in [6, 6.07) is 7.76. The van der Waals surface area contributed by atoms with Gasteiger partial charge in [-0.1, -0.05) is 17.7 Å². The van der Waals surface area contributed by atoms with Crippen molar-refractivity contribution in [3.8, 4) is 6.07 Å². The second-order valence-corrected chi connectivity index (χ2v) is 3.60. The number of nitrogens with one attached hydrogen (secondary N) is 1. The van der Waals surface area contributed by atoms with E-state index in [1.165, 1.54) is 0 Å². The second kappa shape index (κ2) is 3.73. The molecule has 3 heteroatoms. The molecule has 1 N–H and O–H groups in total. The molecule has 0 unspecified atom stereocenters. The van der Waals surface area contributed by atoms with E-state index in [2.05, 4.69) is 11.4 Å². The summed E-state index contributed by atoms with van der Waals surface area (Å²) < 4.78 is 0. The molecule has 0 aromatic heterocycles. The van der Waals surface area contributed by atoms with Crippen LogP contribution in [0.5, 0.6) is 0 Å². The van der Waals surface area contributed by atoms with Crippen LogP contribution >= 0.6 is 11.6 Å². The topological polar surface area (TPSA) is 35.8 Å². The van der Waals surface area contributed by atoms with Gasteiger partial charge in [-0.3, -0.25) is 0 Å². The van der Waals surface area contributed by atoms with E-state index in [1.807, 2.05) is 18.2 Å². The molecule has 0 aliphatic carbocycles. The molecule has 2 nitrogen and oxygen atoms in total. The number of rotatable bonds is 0. The van der Waals surface area contributed by atoms with Crippen molar-refractivity contribution in [2.24, 2.45) is 0 Å². The SMILES string of the molecule is N#C/C=C1\CCNc2cc(Cl)ccc21. The number of hydrogen-bond acceptors (Lipinski definition) is 2. The van der Waals surface area contributed by atoms with Gasteiger partial charge >= 0.3 is 0 Å². The number of halogens is 1. The molecule has 1 aromatic rings. The minimum Gasteiger partial charge on any atom is -0.384 e. The van der Waals surface area contributed by atoms with E-state index in [0.29, 0.717) is 0 Å². The van der Waals surface area contributed by atoms with Crippen LogP contribution in [0, 0.1) is 11.3 Å². The van der Waals surface area contributed by atoms with Crippen molar-refractivity contribution in [1.29, 1.82) is 5.26 Å². The zero-order valence-electron chi connectivity index (χ0n) is 7.55. The summed E-state index contributed by atoms with van der Waals surface area (Å²) in [5, 5.41) is 12.6. The Bertz CT molecular complexity index is 429.